The first kappa shape index (κ1) is 18.6. The Balaban J connectivity index is 1.57. The van der Waals surface area contributed by atoms with Crippen LogP contribution in [0.1, 0.15) is 5.56 Å². The van der Waals surface area contributed by atoms with Gasteiger partial charge in [0.1, 0.15) is 6.54 Å². The van der Waals surface area contributed by atoms with E-state index in [0.717, 1.165) is 16.5 Å². The summed E-state index contributed by atoms with van der Waals surface area (Å²) in [5, 5.41) is 3.70. The second-order valence-electron chi connectivity index (χ2n) is 6.67. The number of nitrogens with zero attached hydrogens (tertiary/aromatic N) is 3. The molecule has 2 aromatic carbocycles. The van der Waals surface area contributed by atoms with Crippen LogP contribution in [0.4, 0.5) is 0 Å². The van der Waals surface area contributed by atoms with E-state index in [9.17, 15) is 9.59 Å². The molecule has 0 saturated heterocycles. The van der Waals surface area contributed by atoms with Crippen molar-refractivity contribution < 1.29 is 4.79 Å². The molecular formula is C23H20N4O2. The summed E-state index contributed by atoms with van der Waals surface area (Å²) in [4.78, 5) is 33.5. The van der Waals surface area contributed by atoms with Crippen LogP contribution in [0.3, 0.4) is 0 Å². The molecule has 0 aliphatic rings. The highest BCUT2D eigenvalue weighted by atomic mass is 16.2. The van der Waals surface area contributed by atoms with Gasteiger partial charge in [-0.05, 0) is 24.1 Å². The number of amides is 1. The van der Waals surface area contributed by atoms with Gasteiger partial charge in [-0.15, -0.1) is 0 Å². The van der Waals surface area contributed by atoms with Gasteiger partial charge in [-0.25, -0.2) is 4.79 Å². The van der Waals surface area contributed by atoms with Crippen molar-refractivity contribution in [3.05, 3.63) is 95.2 Å². The SMILES string of the molecule is O=C(Cn1c(=O)nc(-c2ccccc2)c2ccccc21)NCCc1cccnc1. The number of rotatable bonds is 6. The Bertz CT molecular complexity index is 1190. The maximum Gasteiger partial charge on any atom is 0.349 e. The number of carbonyl (C=O) groups is 1. The number of nitrogens with one attached hydrogen (secondary N) is 1. The van der Waals surface area contributed by atoms with Gasteiger partial charge in [-0.2, -0.15) is 4.98 Å². The predicted molar refractivity (Wildman–Crippen MR) is 112 cm³/mol. The molecule has 0 bridgehead atoms. The zero-order valence-corrected chi connectivity index (χ0v) is 15.8. The van der Waals surface area contributed by atoms with Gasteiger partial charge < -0.3 is 5.32 Å². The van der Waals surface area contributed by atoms with Crippen molar-refractivity contribution in [1.82, 2.24) is 19.9 Å². The Morgan fingerprint density at radius 2 is 1.76 bits per heavy atom. The third-order valence-corrected chi connectivity index (χ3v) is 4.70. The molecule has 1 N–H and O–H groups in total. The molecule has 0 atom stereocenters. The minimum Gasteiger partial charge on any atom is -0.354 e. The Kier molecular flexibility index (Phi) is 5.42. The predicted octanol–water partition coefficient (Wildman–Crippen LogP) is 2.82. The van der Waals surface area contributed by atoms with E-state index in [1.165, 1.54) is 4.57 Å². The minimum atomic E-state index is -0.440. The molecule has 4 rings (SSSR count). The third kappa shape index (κ3) is 4.21. The van der Waals surface area contributed by atoms with E-state index in [-0.39, 0.29) is 12.5 Å². The van der Waals surface area contributed by atoms with Crippen molar-refractivity contribution in [1.29, 1.82) is 0 Å². The molecular weight excluding hydrogens is 364 g/mol. The monoisotopic (exact) mass is 384 g/mol. The van der Waals surface area contributed by atoms with Crippen LogP contribution in [0, 0.1) is 0 Å². The topological polar surface area (TPSA) is 76.9 Å². The van der Waals surface area contributed by atoms with Crippen molar-refractivity contribution in [2.45, 2.75) is 13.0 Å². The molecule has 0 spiro atoms. The molecule has 144 valence electrons. The van der Waals surface area contributed by atoms with Crippen LogP contribution in [0.2, 0.25) is 0 Å². The summed E-state index contributed by atoms with van der Waals surface area (Å²) in [5.41, 5.74) is 2.79. The van der Waals surface area contributed by atoms with Crippen molar-refractivity contribution in [2.24, 2.45) is 0 Å². The molecule has 0 aliphatic heterocycles. The van der Waals surface area contributed by atoms with Gasteiger partial charge in [-0.3, -0.25) is 14.3 Å². The van der Waals surface area contributed by atoms with Crippen LogP contribution in [0.25, 0.3) is 22.2 Å². The fourth-order valence-electron chi connectivity index (χ4n) is 3.29. The van der Waals surface area contributed by atoms with Crippen molar-refractivity contribution in [2.75, 3.05) is 6.54 Å². The fraction of sp³-hybridized carbons (Fsp3) is 0.130. The number of aromatic nitrogens is 3. The molecule has 0 radical (unpaired) electrons. The van der Waals surface area contributed by atoms with Crippen molar-refractivity contribution in [3.8, 4) is 11.3 Å². The van der Waals surface area contributed by atoms with Crippen LogP contribution in [-0.2, 0) is 17.8 Å². The van der Waals surface area contributed by atoms with Gasteiger partial charge in [0.05, 0.1) is 11.2 Å². The number of para-hydroxylation sites is 1. The van der Waals surface area contributed by atoms with Gasteiger partial charge in [-0.1, -0.05) is 54.6 Å². The lowest BCUT2D eigenvalue weighted by Gasteiger charge is -2.13. The van der Waals surface area contributed by atoms with Crippen molar-refractivity contribution >= 4 is 16.8 Å². The highest BCUT2D eigenvalue weighted by molar-refractivity contribution is 5.93. The second-order valence-corrected chi connectivity index (χ2v) is 6.67. The summed E-state index contributed by atoms with van der Waals surface area (Å²) in [5.74, 6) is -0.226. The van der Waals surface area contributed by atoms with E-state index in [1.54, 1.807) is 12.4 Å². The van der Waals surface area contributed by atoms with Crippen LogP contribution in [-0.4, -0.2) is 27.0 Å². The molecule has 2 heterocycles. The van der Waals surface area contributed by atoms with Gasteiger partial charge >= 0.3 is 5.69 Å². The van der Waals surface area contributed by atoms with Crippen LogP contribution in [0.15, 0.2) is 83.9 Å². The number of hydrogen-bond acceptors (Lipinski definition) is 4. The first-order valence-electron chi connectivity index (χ1n) is 9.43. The lowest BCUT2D eigenvalue weighted by molar-refractivity contribution is -0.121. The summed E-state index contributed by atoms with van der Waals surface area (Å²) in [6.07, 6.45) is 4.17. The molecule has 2 aromatic heterocycles. The smallest absolute Gasteiger partial charge is 0.349 e. The summed E-state index contributed by atoms with van der Waals surface area (Å²) in [6, 6.07) is 20.9. The zero-order valence-electron chi connectivity index (χ0n) is 15.8. The normalized spacial score (nSPS) is 10.8. The molecule has 6 nitrogen and oxygen atoms in total. The van der Waals surface area contributed by atoms with E-state index >= 15 is 0 Å². The average Bonchev–Trinajstić information content (AvgIpc) is 2.77. The largest absolute Gasteiger partial charge is 0.354 e. The fourth-order valence-corrected chi connectivity index (χ4v) is 3.29. The molecule has 0 aliphatic carbocycles. The Labute approximate surface area is 167 Å². The van der Waals surface area contributed by atoms with E-state index in [2.05, 4.69) is 15.3 Å². The third-order valence-electron chi connectivity index (χ3n) is 4.70. The molecule has 4 aromatic rings. The van der Waals surface area contributed by atoms with Gasteiger partial charge in [0.15, 0.2) is 0 Å². The van der Waals surface area contributed by atoms with Crippen LogP contribution in [0.5, 0.6) is 0 Å². The zero-order chi connectivity index (χ0) is 20.1. The summed E-state index contributed by atoms with van der Waals surface area (Å²) in [7, 11) is 0. The number of fused-ring (bicyclic) bond motifs is 1. The summed E-state index contributed by atoms with van der Waals surface area (Å²) < 4.78 is 1.42. The number of carbonyl (C=O) groups excluding carboxylic acids is 1. The maximum atomic E-state index is 12.7. The minimum absolute atomic E-state index is 0.0749. The molecule has 0 unspecified atom stereocenters. The Morgan fingerprint density at radius 3 is 2.55 bits per heavy atom. The van der Waals surface area contributed by atoms with E-state index in [0.29, 0.717) is 24.2 Å². The molecule has 29 heavy (non-hydrogen) atoms. The lowest BCUT2D eigenvalue weighted by atomic mass is 10.1. The summed E-state index contributed by atoms with van der Waals surface area (Å²) >= 11 is 0. The average molecular weight is 384 g/mol. The van der Waals surface area contributed by atoms with Crippen LogP contribution >= 0.6 is 0 Å². The standard InChI is InChI=1S/C23H20N4O2/c28-21(25-14-12-17-7-6-13-24-15-17)16-27-20-11-5-4-10-19(20)22(26-23(27)29)18-8-2-1-3-9-18/h1-11,13,15H,12,14,16H2,(H,25,28). The maximum absolute atomic E-state index is 12.7. The molecule has 6 heteroatoms. The van der Waals surface area contributed by atoms with E-state index in [1.807, 2.05) is 66.7 Å². The number of pyridine rings is 1. The first-order chi connectivity index (χ1) is 14.2. The Hall–Kier alpha value is -3.80. The molecule has 0 saturated carbocycles. The Morgan fingerprint density at radius 1 is 0.966 bits per heavy atom. The summed E-state index contributed by atoms with van der Waals surface area (Å²) in [6.45, 7) is 0.404. The highest BCUT2D eigenvalue weighted by Gasteiger charge is 2.13. The van der Waals surface area contributed by atoms with Crippen molar-refractivity contribution in [3.63, 3.8) is 0 Å². The lowest BCUT2D eigenvalue weighted by Crippen LogP contribution is -2.34. The van der Waals surface area contributed by atoms with E-state index < -0.39 is 5.69 Å². The number of hydrogen-bond donors (Lipinski definition) is 1. The highest BCUT2D eigenvalue weighted by Crippen LogP contribution is 2.24. The number of benzene rings is 2. The quantitative estimate of drug-likeness (QED) is 0.555. The van der Waals surface area contributed by atoms with E-state index in [4.69, 9.17) is 0 Å². The second kappa shape index (κ2) is 8.48. The van der Waals surface area contributed by atoms with Crippen LogP contribution < -0.4 is 11.0 Å². The molecule has 1 amide bonds. The molecule has 0 fully saturated rings. The van der Waals surface area contributed by atoms with Gasteiger partial charge in [0.2, 0.25) is 5.91 Å². The first-order valence-corrected chi connectivity index (χ1v) is 9.43. The van der Waals surface area contributed by atoms with Gasteiger partial charge in [0.25, 0.3) is 0 Å². The van der Waals surface area contributed by atoms with Gasteiger partial charge in [0, 0.05) is 29.9 Å².